The molecule has 0 aromatic rings. The lowest BCUT2D eigenvalue weighted by atomic mass is 10.0. The molecule has 0 heterocycles. The lowest BCUT2D eigenvalue weighted by Crippen LogP contribution is -2.05. The number of hydrogen-bond donors (Lipinski definition) is 2. The third-order valence-corrected chi connectivity index (χ3v) is 6.64. The fraction of sp³-hybridized carbons (Fsp3) is 1.00. The highest BCUT2D eigenvalue weighted by atomic mass is 32.2. The monoisotopic (exact) mass is 434 g/mol. The van der Waals surface area contributed by atoms with Crippen molar-refractivity contribution in [2.24, 2.45) is 0 Å². The zero-order valence-corrected chi connectivity index (χ0v) is 20.1. The van der Waals surface area contributed by atoms with Crippen molar-refractivity contribution in [2.75, 3.05) is 5.75 Å². The molecule has 0 radical (unpaired) electrons. The molecular weight excluding hydrogens is 384 g/mol. The summed E-state index contributed by atoms with van der Waals surface area (Å²) < 4.78 is 29.9. The first kappa shape index (κ1) is 28.9. The van der Waals surface area contributed by atoms with Crippen molar-refractivity contribution in [2.45, 2.75) is 148 Å². The van der Waals surface area contributed by atoms with E-state index in [-0.39, 0.29) is 11.9 Å². The molecule has 29 heavy (non-hydrogen) atoms. The van der Waals surface area contributed by atoms with Crippen molar-refractivity contribution >= 4 is 10.1 Å². The van der Waals surface area contributed by atoms with E-state index in [0.29, 0.717) is 6.42 Å². The Bertz CT molecular complexity index is 423. The fourth-order valence-corrected chi connectivity index (χ4v) is 4.48. The van der Waals surface area contributed by atoms with Crippen molar-refractivity contribution in [1.82, 2.24) is 0 Å². The predicted molar refractivity (Wildman–Crippen MR) is 125 cm³/mol. The van der Waals surface area contributed by atoms with Crippen LogP contribution in [0.3, 0.4) is 0 Å². The summed E-state index contributed by atoms with van der Waals surface area (Å²) >= 11 is 0. The van der Waals surface area contributed by atoms with Crippen LogP contribution in [-0.4, -0.2) is 29.9 Å². The number of aliphatic hydroxyl groups excluding tert-OH is 1. The molecular formula is C24H50O4S. The molecule has 1 atom stereocenters. The van der Waals surface area contributed by atoms with Gasteiger partial charge in [-0.15, -0.1) is 0 Å². The van der Waals surface area contributed by atoms with Crippen LogP contribution in [0.25, 0.3) is 0 Å². The van der Waals surface area contributed by atoms with E-state index in [1.807, 2.05) is 0 Å². The van der Waals surface area contributed by atoms with E-state index in [1.165, 1.54) is 89.9 Å². The minimum atomic E-state index is -3.77. The van der Waals surface area contributed by atoms with Gasteiger partial charge >= 0.3 is 0 Å². The summed E-state index contributed by atoms with van der Waals surface area (Å²) in [6.07, 6.45) is 24.9. The Labute approximate surface area is 182 Å². The van der Waals surface area contributed by atoms with Gasteiger partial charge in [0, 0.05) is 0 Å². The highest BCUT2D eigenvalue weighted by Gasteiger charge is 2.04. The molecule has 0 rings (SSSR count). The van der Waals surface area contributed by atoms with Crippen LogP contribution < -0.4 is 0 Å². The second-order valence-electron chi connectivity index (χ2n) is 8.88. The predicted octanol–water partition coefficient (Wildman–Crippen LogP) is 7.45. The van der Waals surface area contributed by atoms with Gasteiger partial charge in [0.15, 0.2) is 0 Å². The first-order valence-electron chi connectivity index (χ1n) is 12.6. The van der Waals surface area contributed by atoms with Crippen molar-refractivity contribution < 1.29 is 18.1 Å². The van der Waals surface area contributed by atoms with Crippen molar-refractivity contribution in [3.8, 4) is 0 Å². The van der Waals surface area contributed by atoms with Gasteiger partial charge in [0.2, 0.25) is 0 Å². The summed E-state index contributed by atoms with van der Waals surface area (Å²) in [6, 6.07) is 0. The van der Waals surface area contributed by atoms with E-state index >= 15 is 0 Å². The van der Waals surface area contributed by atoms with E-state index in [9.17, 15) is 13.5 Å². The van der Waals surface area contributed by atoms with Crippen LogP contribution >= 0.6 is 0 Å². The van der Waals surface area contributed by atoms with E-state index in [2.05, 4.69) is 6.92 Å². The highest BCUT2D eigenvalue weighted by Crippen LogP contribution is 2.15. The fourth-order valence-electron chi connectivity index (χ4n) is 3.91. The lowest BCUT2D eigenvalue weighted by Gasteiger charge is -2.10. The molecule has 4 nitrogen and oxygen atoms in total. The third kappa shape index (κ3) is 25.8. The van der Waals surface area contributed by atoms with E-state index in [1.54, 1.807) is 0 Å². The van der Waals surface area contributed by atoms with Crippen LogP contribution in [0.4, 0.5) is 0 Å². The first-order valence-corrected chi connectivity index (χ1v) is 14.2. The maximum Gasteiger partial charge on any atom is 0.264 e. The Kier molecular flexibility index (Phi) is 21.0. The second kappa shape index (κ2) is 21.1. The summed E-state index contributed by atoms with van der Waals surface area (Å²) in [5.74, 6) is -0.0964. The van der Waals surface area contributed by atoms with Crippen LogP contribution in [0.2, 0.25) is 0 Å². The average Bonchev–Trinajstić information content (AvgIpc) is 2.66. The molecule has 0 saturated heterocycles. The van der Waals surface area contributed by atoms with Gasteiger partial charge in [0.1, 0.15) is 0 Å². The molecule has 2 N–H and O–H groups in total. The minimum Gasteiger partial charge on any atom is -0.393 e. The van der Waals surface area contributed by atoms with Crippen LogP contribution in [-0.2, 0) is 10.1 Å². The topological polar surface area (TPSA) is 74.6 Å². The standard InChI is InChI=1S/C24H50O4S/c1-2-3-4-5-6-12-15-18-21-24(25)22-19-16-13-10-8-7-9-11-14-17-20-23-29(26,27)28/h24-25H,2-23H2,1H3,(H,26,27,28). The SMILES string of the molecule is CCCCCCCCCCC(O)CCCCCCCCCCCCCS(=O)(=O)O. The Balaban J connectivity index is 3.18. The molecule has 0 amide bonds. The first-order chi connectivity index (χ1) is 14.0. The normalized spacial score (nSPS) is 13.1. The zero-order chi connectivity index (χ0) is 21.6. The third-order valence-electron chi connectivity index (χ3n) is 5.83. The smallest absolute Gasteiger partial charge is 0.264 e. The molecule has 0 aromatic carbocycles. The molecule has 0 fully saturated rings. The molecule has 0 saturated carbocycles. The minimum absolute atomic E-state index is 0.0871. The van der Waals surface area contributed by atoms with Crippen molar-refractivity contribution in [3.05, 3.63) is 0 Å². The molecule has 0 aliphatic heterocycles. The van der Waals surface area contributed by atoms with Crippen molar-refractivity contribution in [1.29, 1.82) is 0 Å². The largest absolute Gasteiger partial charge is 0.393 e. The number of rotatable bonds is 23. The van der Waals surface area contributed by atoms with Crippen LogP contribution in [0.1, 0.15) is 142 Å². The van der Waals surface area contributed by atoms with E-state index < -0.39 is 10.1 Å². The van der Waals surface area contributed by atoms with Crippen LogP contribution in [0.5, 0.6) is 0 Å². The molecule has 5 heteroatoms. The Morgan fingerprint density at radius 2 is 0.862 bits per heavy atom. The summed E-state index contributed by atoms with van der Waals surface area (Å²) in [4.78, 5) is 0. The van der Waals surface area contributed by atoms with Crippen LogP contribution in [0.15, 0.2) is 0 Å². The molecule has 0 aromatic heterocycles. The molecule has 0 spiro atoms. The molecule has 176 valence electrons. The van der Waals surface area contributed by atoms with Crippen molar-refractivity contribution in [3.63, 3.8) is 0 Å². The second-order valence-corrected chi connectivity index (χ2v) is 10.5. The summed E-state index contributed by atoms with van der Waals surface area (Å²) in [7, 11) is -3.77. The Morgan fingerprint density at radius 3 is 1.21 bits per heavy atom. The summed E-state index contributed by atoms with van der Waals surface area (Å²) in [5.41, 5.74) is 0. The average molecular weight is 435 g/mol. The summed E-state index contributed by atoms with van der Waals surface area (Å²) in [5, 5.41) is 10.1. The van der Waals surface area contributed by atoms with Gasteiger partial charge in [-0.3, -0.25) is 4.55 Å². The molecule has 0 aliphatic rings. The number of hydrogen-bond acceptors (Lipinski definition) is 3. The van der Waals surface area contributed by atoms with E-state index in [4.69, 9.17) is 4.55 Å². The van der Waals surface area contributed by atoms with Gasteiger partial charge in [0.25, 0.3) is 10.1 Å². The van der Waals surface area contributed by atoms with Gasteiger partial charge in [-0.1, -0.05) is 122 Å². The molecule has 1 unspecified atom stereocenters. The van der Waals surface area contributed by atoms with Gasteiger partial charge in [0.05, 0.1) is 11.9 Å². The number of aliphatic hydroxyl groups is 1. The lowest BCUT2D eigenvalue weighted by molar-refractivity contribution is 0.147. The zero-order valence-electron chi connectivity index (χ0n) is 19.3. The van der Waals surface area contributed by atoms with Crippen LogP contribution in [0, 0.1) is 0 Å². The van der Waals surface area contributed by atoms with Gasteiger partial charge in [-0.25, -0.2) is 0 Å². The van der Waals surface area contributed by atoms with E-state index in [0.717, 1.165) is 38.5 Å². The number of unbranched alkanes of at least 4 members (excludes halogenated alkanes) is 17. The molecule has 0 aliphatic carbocycles. The van der Waals surface area contributed by atoms with Gasteiger partial charge < -0.3 is 5.11 Å². The Morgan fingerprint density at radius 1 is 0.552 bits per heavy atom. The van der Waals surface area contributed by atoms with Gasteiger partial charge in [-0.05, 0) is 19.3 Å². The quantitative estimate of drug-likeness (QED) is 0.129. The maximum atomic E-state index is 10.6. The molecule has 0 bridgehead atoms. The highest BCUT2D eigenvalue weighted by molar-refractivity contribution is 7.85. The maximum absolute atomic E-state index is 10.6. The summed E-state index contributed by atoms with van der Waals surface area (Å²) in [6.45, 7) is 2.26. The Hall–Kier alpha value is -0.130. The van der Waals surface area contributed by atoms with Gasteiger partial charge in [-0.2, -0.15) is 8.42 Å².